The first-order valence-corrected chi connectivity index (χ1v) is 8.00. The molecule has 3 saturated heterocycles. The Balaban J connectivity index is 1.71. The summed E-state index contributed by atoms with van der Waals surface area (Å²) in [6.07, 6.45) is 3.25. The highest BCUT2D eigenvalue weighted by Crippen LogP contribution is 2.39. The largest absolute Gasteiger partial charge is 0.481 e. The van der Waals surface area contributed by atoms with E-state index in [0.29, 0.717) is 12.3 Å². The first-order valence-electron chi connectivity index (χ1n) is 8.00. The van der Waals surface area contributed by atoms with Gasteiger partial charge in [-0.3, -0.25) is 4.79 Å². The molecule has 0 aromatic heterocycles. The van der Waals surface area contributed by atoms with Crippen molar-refractivity contribution in [3.63, 3.8) is 0 Å². The Kier molecular flexibility index (Phi) is 3.78. The van der Waals surface area contributed by atoms with E-state index in [0.717, 1.165) is 11.5 Å². The molecule has 3 aliphatic heterocycles. The number of carbonyl (C=O) groups is 1. The standard InChI is InChI=1S/C18H25NO2/c1-18(2,17(20)21)11-13-3-5-14(6-4-13)16-12-19-9-7-15(16)8-10-19/h3-6,15-16H,7-12H2,1-2H3,(H,20,21). The van der Waals surface area contributed by atoms with Crippen molar-refractivity contribution in [1.29, 1.82) is 0 Å². The molecule has 1 atom stereocenters. The van der Waals surface area contributed by atoms with Crippen LogP contribution in [0.4, 0.5) is 0 Å². The first kappa shape index (κ1) is 14.6. The molecule has 3 nitrogen and oxygen atoms in total. The van der Waals surface area contributed by atoms with Crippen LogP contribution in [0.2, 0.25) is 0 Å². The summed E-state index contributed by atoms with van der Waals surface area (Å²) < 4.78 is 0. The lowest BCUT2D eigenvalue weighted by atomic mass is 9.75. The van der Waals surface area contributed by atoms with Crippen LogP contribution in [0.15, 0.2) is 24.3 Å². The SMILES string of the molecule is CC(C)(Cc1ccc(C2CN3CCC2CC3)cc1)C(=O)O. The second-order valence-electron chi connectivity index (χ2n) is 7.35. The maximum atomic E-state index is 11.2. The smallest absolute Gasteiger partial charge is 0.309 e. The van der Waals surface area contributed by atoms with Gasteiger partial charge in [-0.15, -0.1) is 0 Å². The Bertz CT molecular complexity index is 513. The third-order valence-corrected chi connectivity index (χ3v) is 5.29. The average Bonchev–Trinajstić information content (AvgIpc) is 2.48. The van der Waals surface area contributed by atoms with Gasteiger partial charge in [-0.25, -0.2) is 0 Å². The second kappa shape index (κ2) is 5.45. The molecular weight excluding hydrogens is 262 g/mol. The summed E-state index contributed by atoms with van der Waals surface area (Å²) in [5.41, 5.74) is 1.85. The summed E-state index contributed by atoms with van der Waals surface area (Å²) in [5, 5.41) is 9.23. The summed E-state index contributed by atoms with van der Waals surface area (Å²) in [6.45, 7) is 7.32. The molecule has 3 fully saturated rings. The highest BCUT2D eigenvalue weighted by Gasteiger charge is 2.35. The molecule has 1 aromatic rings. The van der Waals surface area contributed by atoms with Crippen LogP contribution in [0.25, 0.3) is 0 Å². The number of benzene rings is 1. The monoisotopic (exact) mass is 287 g/mol. The second-order valence-corrected chi connectivity index (χ2v) is 7.35. The van der Waals surface area contributed by atoms with Crippen molar-refractivity contribution in [2.75, 3.05) is 19.6 Å². The van der Waals surface area contributed by atoms with Gasteiger partial charge in [0.2, 0.25) is 0 Å². The summed E-state index contributed by atoms with van der Waals surface area (Å²) in [4.78, 5) is 13.8. The molecule has 0 aliphatic carbocycles. The Hall–Kier alpha value is -1.35. The van der Waals surface area contributed by atoms with Gasteiger partial charge in [0.15, 0.2) is 0 Å². The lowest BCUT2D eigenvalue weighted by Crippen LogP contribution is -2.46. The van der Waals surface area contributed by atoms with Crippen molar-refractivity contribution < 1.29 is 9.90 Å². The van der Waals surface area contributed by atoms with Gasteiger partial charge in [0.05, 0.1) is 5.41 Å². The minimum Gasteiger partial charge on any atom is -0.481 e. The quantitative estimate of drug-likeness (QED) is 0.925. The number of hydrogen-bond donors (Lipinski definition) is 1. The van der Waals surface area contributed by atoms with Crippen molar-refractivity contribution in [2.45, 2.75) is 39.0 Å². The topological polar surface area (TPSA) is 40.5 Å². The fraction of sp³-hybridized carbons (Fsp3) is 0.611. The van der Waals surface area contributed by atoms with E-state index in [4.69, 9.17) is 0 Å². The van der Waals surface area contributed by atoms with E-state index in [9.17, 15) is 9.90 Å². The number of hydrogen-bond acceptors (Lipinski definition) is 2. The van der Waals surface area contributed by atoms with Crippen LogP contribution >= 0.6 is 0 Å². The minimum atomic E-state index is -0.732. The third-order valence-electron chi connectivity index (χ3n) is 5.29. The zero-order chi connectivity index (χ0) is 15.0. The van der Waals surface area contributed by atoms with Crippen LogP contribution in [0.1, 0.15) is 43.7 Å². The van der Waals surface area contributed by atoms with Gasteiger partial charge in [-0.2, -0.15) is 0 Å². The lowest BCUT2D eigenvalue weighted by Gasteiger charge is -2.45. The molecule has 2 bridgehead atoms. The number of carboxylic acids is 1. The molecule has 1 N–H and O–H groups in total. The molecule has 4 rings (SSSR count). The fourth-order valence-electron chi connectivity index (χ4n) is 3.81. The molecule has 0 radical (unpaired) electrons. The Morgan fingerprint density at radius 3 is 2.33 bits per heavy atom. The number of carboxylic acid groups (broad SMARTS) is 1. The lowest BCUT2D eigenvalue weighted by molar-refractivity contribution is -0.146. The van der Waals surface area contributed by atoms with Crippen LogP contribution in [0, 0.1) is 11.3 Å². The van der Waals surface area contributed by atoms with Gasteiger partial charge in [0.25, 0.3) is 0 Å². The van der Waals surface area contributed by atoms with Crippen LogP contribution in [-0.2, 0) is 11.2 Å². The molecule has 0 amide bonds. The van der Waals surface area contributed by atoms with Crippen molar-refractivity contribution in [1.82, 2.24) is 4.90 Å². The number of nitrogens with zero attached hydrogens (tertiary/aromatic N) is 1. The van der Waals surface area contributed by atoms with E-state index in [1.54, 1.807) is 13.8 Å². The number of fused-ring (bicyclic) bond motifs is 3. The molecule has 0 saturated carbocycles. The van der Waals surface area contributed by atoms with E-state index in [1.165, 1.54) is 38.0 Å². The predicted octanol–water partition coefficient (Wildman–Crippen LogP) is 3.15. The number of aliphatic carboxylic acids is 1. The molecule has 1 aromatic carbocycles. The Labute approximate surface area is 127 Å². The fourth-order valence-corrected chi connectivity index (χ4v) is 3.81. The molecule has 3 heterocycles. The van der Waals surface area contributed by atoms with Crippen LogP contribution in [-0.4, -0.2) is 35.6 Å². The van der Waals surface area contributed by atoms with Crippen LogP contribution in [0.5, 0.6) is 0 Å². The maximum absolute atomic E-state index is 11.2. The van der Waals surface area contributed by atoms with Crippen molar-refractivity contribution in [3.05, 3.63) is 35.4 Å². The summed E-state index contributed by atoms with van der Waals surface area (Å²) in [5.74, 6) is 0.786. The van der Waals surface area contributed by atoms with Crippen LogP contribution < -0.4 is 0 Å². The van der Waals surface area contributed by atoms with Gasteiger partial charge >= 0.3 is 5.97 Å². The number of rotatable bonds is 4. The summed E-state index contributed by atoms with van der Waals surface area (Å²) >= 11 is 0. The molecule has 3 aliphatic rings. The summed E-state index contributed by atoms with van der Waals surface area (Å²) in [6, 6.07) is 8.69. The molecule has 114 valence electrons. The van der Waals surface area contributed by atoms with E-state index in [-0.39, 0.29) is 0 Å². The van der Waals surface area contributed by atoms with E-state index >= 15 is 0 Å². The number of piperidine rings is 3. The van der Waals surface area contributed by atoms with Gasteiger partial charge in [0, 0.05) is 6.54 Å². The maximum Gasteiger partial charge on any atom is 0.309 e. The zero-order valence-corrected chi connectivity index (χ0v) is 13.0. The normalized spacial score (nSPS) is 28.6. The Morgan fingerprint density at radius 2 is 1.86 bits per heavy atom. The highest BCUT2D eigenvalue weighted by molar-refractivity contribution is 5.74. The van der Waals surface area contributed by atoms with Crippen molar-refractivity contribution in [3.8, 4) is 0 Å². The van der Waals surface area contributed by atoms with Gasteiger partial charge in [0.1, 0.15) is 0 Å². The average molecular weight is 287 g/mol. The zero-order valence-electron chi connectivity index (χ0n) is 13.0. The van der Waals surface area contributed by atoms with E-state index in [1.807, 2.05) is 0 Å². The third kappa shape index (κ3) is 2.98. The minimum absolute atomic E-state index is 0.586. The molecule has 0 spiro atoms. The van der Waals surface area contributed by atoms with E-state index in [2.05, 4.69) is 29.2 Å². The Morgan fingerprint density at radius 1 is 1.24 bits per heavy atom. The first-order chi connectivity index (χ1) is 9.95. The van der Waals surface area contributed by atoms with E-state index < -0.39 is 11.4 Å². The van der Waals surface area contributed by atoms with Crippen molar-refractivity contribution in [2.24, 2.45) is 11.3 Å². The van der Waals surface area contributed by atoms with Crippen molar-refractivity contribution >= 4 is 5.97 Å². The van der Waals surface area contributed by atoms with Gasteiger partial charge in [-0.05, 0) is 69.2 Å². The summed E-state index contributed by atoms with van der Waals surface area (Å²) in [7, 11) is 0. The molecular formula is C18H25NO2. The highest BCUT2D eigenvalue weighted by atomic mass is 16.4. The molecule has 3 heteroatoms. The van der Waals surface area contributed by atoms with Crippen LogP contribution in [0.3, 0.4) is 0 Å². The predicted molar refractivity (Wildman–Crippen MR) is 83.5 cm³/mol. The van der Waals surface area contributed by atoms with Gasteiger partial charge in [-0.1, -0.05) is 24.3 Å². The molecule has 1 unspecified atom stereocenters. The molecule has 21 heavy (non-hydrogen) atoms. The van der Waals surface area contributed by atoms with Gasteiger partial charge < -0.3 is 10.0 Å².